The number of urea groups is 1. The summed E-state index contributed by atoms with van der Waals surface area (Å²) in [5.74, 6) is 0. The summed E-state index contributed by atoms with van der Waals surface area (Å²) in [6.07, 6.45) is 3.33. The number of anilines is 2. The topological polar surface area (TPSA) is 66.0 Å². The molecule has 0 saturated heterocycles. The Morgan fingerprint density at radius 2 is 1.86 bits per heavy atom. The van der Waals surface area contributed by atoms with Gasteiger partial charge in [-0.25, -0.2) is 4.79 Å². The SMILES string of the molecule is CNC(C)c1ccc(NC(=O)Nc2cnccc2C)cc1. The number of nitrogens with zero attached hydrogens (tertiary/aromatic N) is 1. The zero-order valence-corrected chi connectivity index (χ0v) is 12.5. The van der Waals surface area contributed by atoms with Crippen molar-refractivity contribution in [2.24, 2.45) is 0 Å². The van der Waals surface area contributed by atoms with Gasteiger partial charge in [0.25, 0.3) is 0 Å². The van der Waals surface area contributed by atoms with Crippen molar-refractivity contribution in [2.75, 3.05) is 17.7 Å². The van der Waals surface area contributed by atoms with E-state index in [4.69, 9.17) is 0 Å². The summed E-state index contributed by atoms with van der Waals surface area (Å²) in [6, 6.07) is 9.62. The molecule has 2 aromatic rings. The van der Waals surface area contributed by atoms with E-state index in [1.807, 2.05) is 44.3 Å². The third-order valence-corrected chi connectivity index (χ3v) is 3.39. The summed E-state index contributed by atoms with van der Waals surface area (Å²) >= 11 is 0. The number of aryl methyl sites for hydroxylation is 1. The van der Waals surface area contributed by atoms with E-state index in [0.29, 0.717) is 5.69 Å². The molecule has 0 aliphatic heterocycles. The van der Waals surface area contributed by atoms with Gasteiger partial charge in [-0.1, -0.05) is 12.1 Å². The van der Waals surface area contributed by atoms with Crippen molar-refractivity contribution < 1.29 is 4.79 Å². The van der Waals surface area contributed by atoms with Crippen molar-refractivity contribution in [3.63, 3.8) is 0 Å². The molecule has 1 atom stereocenters. The quantitative estimate of drug-likeness (QED) is 0.807. The van der Waals surface area contributed by atoms with Gasteiger partial charge in [-0.05, 0) is 50.2 Å². The average molecular weight is 284 g/mol. The monoisotopic (exact) mass is 284 g/mol. The van der Waals surface area contributed by atoms with E-state index in [1.54, 1.807) is 12.4 Å². The van der Waals surface area contributed by atoms with Gasteiger partial charge < -0.3 is 16.0 Å². The van der Waals surface area contributed by atoms with Crippen molar-refractivity contribution in [3.8, 4) is 0 Å². The maximum absolute atomic E-state index is 11.9. The van der Waals surface area contributed by atoms with E-state index >= 15 is 0 Å². The normalized spacial score (nSPS) is 11.8. The zero-order valence-electron chi connectivity index (χ0n) is 12.5. The lowest BCUT2D eigenvalue weighted by molar-refractivity contribution is 0.262. The van der Waals surface area contributed by atoms with E-state index in [1.165, 1.54) is 5.56 Å². The van der Waals surface area contributed by atoms with Gasteiger partial charge >= 0.3 is 6.03 Å². The zero-order chi connectivity index (χ0) is 15.2. The van der Waals surface area contributed by atoms with Crippen LogP contribution in [0, 0.1) is 6.92 Å². The molecule has 0 aliphatic rings. The summed E-state index contributed by atoms with van der Waals surface area (Å²) in [7, 11) is 1.92. The maximum atomic E-state index is 11.9. The fourth-order valence-corrected chi connectivity index (χ4v) is 1.90. The third-order valence-electron chi connectivity index (χ3n) is 3.39. The van der Waals surface area contributed by atoms with Crippen LogP contribution in [0.3, 0.4) is 0 Å². The van der Waals surface area contributed by atoms with Crippen molar-refractivity contribution in [1.82, 2.24) is 10.3 Å². The Morgan fingerprint density at radius 1 is 1.14 bits per heavy atom. The Balaban J connectivity index is 1.98. The minimum absolute atomic E-state index is 0.277. The Kier molecular flexibility index (Phi) is 4.90. The first-order valence-electron chi connectivity index (χ1n) is 6.86. The highest BCUT2D eigenvalue weighted by Crippen LogP contribution is 2.16. The molecule has 0 saturated carbocycles. The first kappa shape index (κ1) is 15.0. The van der Waals surface area contributed by atoms with Crippen LogP contribution in [-0.2, 0) is 0 Å². The molecule has 3 N–H and O–H groups in total. The van der Waals surface area contributed by atoms with Gasteiger partial charge in [0, 0.05) is 17.9 Å². The Labute approximate surface area is 124 Å². The number of amides is 2. The largest absolute Gasteiger partial charge is 0.323 e. The second kappa shape index (κ2) is 6.85. The van der Waals surface area contributed by atoms with Crippen LogP contribution in [0.2, 0.25) is 0 Å². The molecule has 1 aromatic heterocycles. The van der Waals surface area contributed by atoms with Crippen LogP contribution in [0.4, 0.5) is 16.2 Å². The van der Waals surface area contributed by atoms with Crippen molar-refractivity contribution in [3.05, 3.63) is 53.9 Å². The van der Waals surface area contributed by atoms with Crippen LogP contribution in [0.25, 0.3) is 0 Å². The van der Waals surface area contributed by atoms with Crippen molar-refractivity contribution in [2.45, 2.75) is 19.9 Å². The highest BCUT2D eigenvalue weighted by atomic mass is 16.2. The smallest absolute Gasteiger partial charge is 0.313 e. The van der Waals surface area contributed by atoms with Crippen LogP contribution < -0.4 is 16.0 Å². The molecular weight excluding hydrogens is 264 g/mol. The third kappa shape index (κ3) is 4.03. The van der Waals surface area contributed by atoms with Gasteiger partial charge in [-0.2, -0.15) is 0 Å². The number of hydrogen-bond acceptors (Lipinski definition) is 3. The lowest BCUT2D eigenvalue weighted by atomic mass is 10.1. The number of aromatic nitrogens is 1. The molecule has 0 bridgehead atoms. The summed E-state index contributed by atoms with van der Waals surface area (Å²) in [6.45, 7) is 4.01. The van der Waals surface area contributed by atoms with Crippen LogP contribution in [0.15, 0.2) is 42.7 Å². The fourth-order valence-electron chi connectivity index (χ4n) is 1.90. The van der Waals surface area contributed by atoms with E-state index in [-0.39, 0.29) is 12.1 Å². The van der Waals surface area contributed by atoms with E-state index < -0.39 is 0 Å². The number of rotatable bonds is 4. The molecule has 2 rings (SSSR count). The summed E-state index contributed by atoms with van der Waals surface area (Å²) in [5.41, 5.74) is 3.60. The lowest BCUT2D eigenvalue weighted by Gasteiger charge is -2.12. The highest BCUT2D eigenvalue weighted by molar-refractivity contribution is 6.00. The van der Waals surface area contributed by atoms with Crippen molar-refractivity contribution in [1.29, 1.82) is 0 Å². The van der Waals surface area contributed by atoms with Crippen LogP contribution in [0.5, 0.6) is 0 Å². The Bertz CT molecular complexity index is 610. The number of nitrogens with one attached hydrogen (secondary N) is 3. The molecule has 1 aromatic carbocycles. The number of hydrogen-bond donors (Lipinski definition) is 3. The standard InChI is InChI=1S/C16H20N4O/c1-11-8-9-18-10-15(11)20-16(21)19-14-6-4-13(5-7-14)12(2)17-3/h4-10,12,17H,1-3H3,(H2,19,20,21). The molecule has 21 heavy (non-hydrogen) atoms. The molecule has 5 nitrogen and oxygen atoms in total. The average Bonchev–Trinajstić information content (AvgIpc) is 2.49. The predicted octanol–water partition coefficient (Wildman–Crippen LogP) is 3.31. The molecule has 0 spiro atoms. The lowest BCUT2D eigenvalue weighted by Crippen LogP contribution is -2.20. The molecule has 5 heteroatoms. The molecule has 110 valence electrons. The fraction of sp³-hybridized carbons (Fsp3) is 0.250. The molecule has 0 radical (unpaired) electrons. The molecule has 1 unspecified atom stereocenters. The Hall–Kier alpha value is -2.40. The first-order valence-corrected chi connectivity index (χ1v) is 6.86. The predicted molar refractivity (Wildman–Crippen MR) is 85.5 cm³/mol. The summed E-state index contributed by atoms with van der Waals surface area (Å²) in [4.78, 5) is 15.9. The van der Waals surface area contributed by atoms with E-state index in [9.17, 15) is 4.79 Å². The molecular formula is C16H20N4O. The molecule has 0 aliphatic carbocycles. The van der Waals surface area contributed by atoms with Crippen LogP contribution in [0.1, 0.15) is 24.1 Å². The van der Waals surface area contributed by atoms with Gasteiger partial charge in [0.2, 0.25) is 0 Å². The van der Waals surface area contributed by atoms with Gasteiger partial charge in [-0.3, -0.25) is 4.98 Å². The number of carbonyl (C=O) groups excluding carboxylic acids is 1. The number of pyridine rings is 1. The first-order chi connectivity index (χ1) is 10.1. The minimum Gasteiger partial charge on any atom is -0.313 e. The van der Waals surface area contributed by atoms with Crippen LogP contribution >= 0.6 is 0 Å². The summed E-state index contributed by atoms with van der Waals surface area (Å²) < 4.78 is 0. The summed E-state index contributed by atoms with van der Waals surface area (Å²) in [5, 5.41) is 8.76. The van der Waals surface area contributed by atoms with E-state index in [0.717, 1.165) is 11.3 Å². The van der Waals surface area contributed by atoms with Gasteiger partial charge in [0.15, 0.2) is 0 Å². The second-order valence-corrected chi connectivity index (χ2v) is 4.90. The Morgan fingerprint density at radius 3 is 2.48 bits per heavy atom. The molecule has 2 amide bonds. The second-order valence-electron chi connectivity index (χ2n) is 4.90. The maximum Gasteiger partial charge on any atom is 0.323 e. The van der Waals surface area contributed by atoms with E-state index in [2.05, 4.69) is 27.9 Å². The van der Waals surface area contributed by atoms with Gasteiger partial charge in [-0.15, -0.1) is 0 Å². The number of benzene rings is 1. The van der Waals surface area contributed by atoms with Gasteiger partial charge in [0.1, 0.15) is 0 Å². The van der Waals surface area contributed by atoms with Crippen molar-refractivity contribution >= 4 is 17.4 Å². The minimum atomic E-state index is -0.277. The molecule has 0 fully saturated rings. The molecule has 1 heterocycles. The van der Waals surface area contributed by atoms with Gasteiger partial charge in [0.05, 0.1) is 11.9 Å². The number of carbonyl (C=O) groups is 1. The highest BCUT2D eigenvalue weighted by Gasteiger charge is 2.06. The van der Waals surface area contributed by atoms with Crippen LogP contribution in [-0.4, -0.2) is 18.1 Å².